The first kappa shape index (κ1) is 22.7. The summed E-state index contributed by atoms with van der Waals surface area (Å²) in [6.07, 6.45) is 5.43. The highest BCUT2D eigenvalue weighted by Crippen LogP contribution is 2.36. The van der Waals surface area contributed by atoms with Crippen molar-refractivity contribution in [2.24, 2.45) is 5.92 Å². The summed E-state index contributed by atoms with van der Waals surface area (Å²) in [6.45, 7) is 3.59. The Labute approximate surface area is 196 Å². The van der Waals surface area contributed by atoms with Crippen LogP contribution in [0.1, 0.15) is 36.9 Å². The number of aryl methyl sites for hydroxylation is 2. The van der Waals surface area contributed by atoms with E-state index >= 15 is 0 Å². The molecule has 10 heteroatoms. The number of benzene rings is 1. The van der Waals surface area contributed by atoms with E-state index in [2.05, 4.69) is 20.0 Å². The van der Waals surface area contributed by atoms with Gasteiger partial charge in [0.15, 0.2) is 5.13 Å². The maximum atomic E-state index is 13.1. The topological polar surface area (TPSA) is 101 Å². The number of hydrogen-bond acceptors (Lipinski definition) is 6. The number of carbonyl (C=O) groups excluding carboxylic acids is 1. The summed E-state index contributed by atoms with van der Waals surface area (Å²) >= 11 is 7.22. The second-order valence-electron chi connectivity index (χ2n) is 7.86. The average molecular weight is 491 g/mol. The van der Waals surface area contributed by atoms with Crippen LogP contribution in [0.5, 0.6) is 0 Å². The molecule has 1 fully saturated rings. The molecule has 7 nitrogen and oxygen atoms in total. The molecule has 1 aliphatic rings. The molecule has 0 unspecified atom stereocenters. The number of carbonyl (C=O) groups is 1. The standard InChI is InChI=1S/C22H23ClN4O3S2/c1-13-7-8-16(11-18(13)32(29,30)27-17-9-10-24-19(23)12-17)20-14(2)25-22(31-20)26-21(28)15-5-3-4-6-15/h7-12,15H,3-6H2,1-2H3,(H,24,27)(H,25,26,28). The molecule has 2 aromatic heterocycles. The minimum atomic E-state index is -3.85. The Kier molecular flexibility index (Phi) is 6.50. The van der Waals surface area contributed by atoms with E-state index in [-0.39, 0.29) is 21.9 Å². The predicted molar refractivity (Wildman–Crippen MR) is 128 cm³/mol. The fourth-order valence-corrected chi connectivity index (χ4v) is 6.28. The molecule has 32 heavy (non-hydrogen) atoms. The Bertz CT molecular complexity index is 1270. The van der Waals surface area contributed by atoms with Crippen LogP contribution >= 0.6 is 22.9 Å². The number of hydrogen-bond donors (Lipinski definition) is 2. The Morgan fingerprint density at radius 3 is 2.62 bits per heavy atom. The first-order chi connectivity index (χ1) is 15.2. The highest BCUT2D eigenvalue weighted by molar-refractivity contribution is 7.92. The van der Waals surface area contributed by atoms with Crippen LogP contribution < -0.4 is 10.0 Å². The summed E-state index contributed by atoms with van der Waals surface area (Å²) in [5.41, 5.74) is 2.40. The van der Waals surface area contributed by atoms with Crippen LogP contribution in [0.2, 0.25) is 5.15 Å². The molecule has 1 aliphatic carbocycles. The summed E-state index contributed by atoms with van der Waals surface area (Å²) in [6, 6.07) is 8.24. The van der Waals surface area contributed by atoms with Crippen molar-refractivity contribution in [1.29, 1.82) is 0 Å². The fourth-order valence-electron chi connectivity index (χ4n) is 3.82. The Hall–Kier alpha value is -2.49. The molecule has 4 rings (SSSR count). The lowest BCUT2D eigenvalue weighted by Crippen LogP contribution is -2.20. The van der Waals surface area contributed by atoms with Gasteiger partial charge in [-0.25, -0.2) is 18.4 Å². The summed E-state index contributed by atoms with van der Waals surface area (Å²) in [5.74, 6) is 0.0572. The molecule has 0 spiro atoms. The van der Waals surface area contributed by atoms with E-state index in [9.17, 15) is 13.2 Å². The van der Waals surface area contributed by atoms with E-state index in [0.29, 0.717) is 16.4 Å². The first-order valence-electron chi connectivity index (χ1n) is 10.3. The van der Waals surface area contributed by atoms with Gasteiger partial charge in [-0.3, -0.25) is 9.52 Å². The van der Waals surface area contributed by atoms with E-state index < -0.39 is 10.0 Å². The highest BCUT2D eigenvalue weighted by atomic mass is 35.5. The number of halogens is 1. The molecule has 168 valence electrons. The van der Waals surface area contributed by atoms with Crippen LogP contribution in [0, 0.1) is 19.8 Å². The van der Waals surface area contributed by atoms with Gasteiger partial charge in [0.2, 0.25) is 5.91 Å². The van der Waals surface area contributed by atoms with Crippen molar-refractivity contribution in [3.63, 3.8) is 0 Å². The number of thiazole rings is 1. The van der Waals surface area contributed by atoms with Crippen molar-refractivity contribution in [2.75, 3.05) is 10.0 Å². The predicted octanol–water partition coefficient (Wildman–Crippen LogP) is 5.40. The SMILES string of the molecule is Cc1ccc(-c2sc(NC(=O)C3CCCC3)nc2C)cc1S(=O)(=O)Nc1ccnc(Cl)c1. The molecule has 0 bridgehead atoms. The average Bonchev–Trinajstić information content (AvgIpc) is 3.38. The minimum Gasteiger partial charge on any atom is -0.302 e. The number of aromatic nitrogens is 2. The molecule has 1 aromatic carbocycles. The molecule has 0 saturated heterocycles. The van der Waals surface area contributed by atoms with Gasteiger partial charge in [-0.2, -0.15) is 0 Å². The van der Waals surface area contributed by atoms with E-state index in [1.165, 1.54) is 29.7 Å². The van der Waals surface area contributed by atoms with Crippen LogP contribution in [0.4, 0.5) is 10.8 Å². The number of sulfonamides is 1. The second kappa shape index (κ2) is 9.17. The third-order valence-electron chi connectivity index (χ3n) is 5.47. The molecule has 1 saturated carbocycles. The first-order valence-corrected chi connectivity index (χ1v) is 12.9. The van der Waals surface area contributed by atoms with Crippen LogP contribution in [0.25, 0.3) is 10.4 Å². The van der Waals surface area contributed by atoms with Crippen molar-refractivity contribution in [3.05, 3.63) is 52.9 Å². The monoisotopic (exact) mass is 490 g/mol. The van der Waals surface area contributed by atoms with Gasteiger partial charge in [-0.05, 0) is 56.0 Å². The largest absolute Gasteiger partial charge is 0.302 e. The van der Waals surface area contributed by atoms with E-state index in [0.717, 1.165) is 41.8 Å². The quantitative estimate of drug-likeness (QED) is 0.450. The van der Waals surface area contributed by atoms with Crippen LogP contribution in [0.3, 0.4) is 0 Å². The Morgan fingerprint density at radius 2 is 1.91 bits per heavy atom. The second-order valence-corrected chi connectivity index (χ2v) is 10.9. The molecule has 1 amide bonds. The van der Waals surface area contributed by atoms with E-state index in [1.54, 1.807) is 19.1 Å². The molecule has 0 aliphatic heterocycles. The molecule has 2 heterocycles. The van der Waals surface area contributed by atoms with Crippen LogP contribution in [-0.4, -0.2) is 24.3 Å². The van der Waals surface area contributed by atoms with Gasteiger partial charge in [0, 0.05) is 12.1 Å². The van der Waals surface area contributed by atoms with E-state index in [4.69, 9.17) is 11.6 Å². The number of amides is 1. The summed E-state index contributed by atoms with van der Waals surface area (Å²) in [5, 5.41) is 3.66. The van der Waals surface area contributed by atoms with Crippen molar-refractivity contribution < 1.29 is 13.2 Å². The smallest absolute Gasteiger partial charge is 0.262 e. The van der Waals surface area contributed by atoms with Crippen molar-refractivity contribution >= 4 is 49.7 Å². The van der Waals surface area contributed by atoms with Gasteiger partial charge in [-0.1, -0.05) is 47.9 Å². The zero-order valence-corrected chi connectivity index (χ0v) is 20.1. The summed E-state index contributed by atoms with van der Waals surface area (Å²) in [7, 11) is -3.85. The van der Waals surface area contributed by atoms with Crippen LogP contribution in [0.15, 0.2) is 41.4 Å². The number of anilines is 2. The van der Waals surface area contributed by atoms with Crippen molar-refractivity contribution in [3.8, 4) is 10.4 Å². The molecule has 0 atom stereocenters. The fraction of sp³-hybridized carbons (Fsp3) is 0.318. The van der Waals surface area contributed by atoms with Crippen LogP contribution in [-0.2, 0) is 14.8 Å². The molecular formula is C22H23ClN4O3S2. The number of rotatable bonds is 6. The van der Waals surface area contributed by atoms with Gasteiger partial charge in [0.1, 0.15) is 5.15 Å². The normalized spacial score (nSPS) is 14.5. The van der Waals surface area contributed by atoms with E-state index in [1.807, 2.05) is 13.0 Å². The lowest BCUT2D eigenvalue weighted by molar-refractivity contribution is -0.119. The highest BCUT2D eigenvalue weighted by Gasteiger charge is 2.24. The number of nitrogens with zero attached hydrogens (tertiary/aromatic N) is 2. The van der Waals surface area contributed by atoms with Gasteiger partial charge in [-0.15, -0.1) is 0 Å². The van der Waals surface area contributed by atoms with Crippen molar-refractivity contribution in [1.82, 2.24) is 9.97 Å². The molecule has 3 aromatic rings. The lowest BCUT2D eigenvalue weighted by atomic mass is 10.1. The van der Waals surface area contributed by atoms with Gasteiger partial charge < -0.3 is 5.32 Å². The van der Waals surface area contributed by atoms with Gasteiger partial charge >= 0.3 is 0 Å². The zero-order chi connectivity index (χ0) is 22.9. The third-order valence-corrected chi connectivity index (χ3v) is 8.32. The summed E-state index contributed by atoms with van der Waals surface area (Å²) < 4.78 is 28.7. The maximum Gasteiger partial charge on any atom is 0.262 e. The van der Waals surface area contributed by atoms with Gasteiger partial charge in [0.05, 0.1) is 21.2 Å². The Morgan fingerprint density at radius 1 is 1.16 bits per heavy atom. The molecule has 2 N–H and O–H groups in total. The third kappa shape index (κ3) is 4.95. The lowest BCUT2D eigenvalue weighted by Gasteiger charge is -2.12. The zero-order valence-electron chi connectivity index (χ0n) is 17.7. The Balaban J connectivity index is 1.61. The number of nitrogens with one attached hydrogen (secondary N) is 2. The molecular weight excluding hydrogens is 468 g/mol. The van der Waals surface area contributed by atoms with Gasteiger partial charge in [0.25, 0.3) is 10.0 Å². The summed E-state index contributed by atoms with van der Waals surface area (Å²) in [4.78, 5) is 21.8. The van der Waals surface area contributed by atoms with Crippen molar-refractivity contribution in [2.45, 2.75) is 44.4 Å². The number of pyridine rings is 1. The minimum absolute atomic E-state index is 0.00943. The molecule has 0 radical (unpaired) electrons. The maximum absolute atomic E-state index is 13.1.